The van der Waals surface area contributed by atoms with E-state index < -0.39 is 14.6 Å². The molecule has 0 saturated carbocycles. The number of hydrogen-bond donors (Lipinski definition) is 1. The molecule has 0 aliphatic rings. The Balaban J connectivity index is 2.32. The van der Waals surface area contributed by atoms with E-state index in [1.54, 1.807) is 6.33 Å². The number of fused-ring (bicyclic) bond motifs is 1. The molecule has 2 rings (SSSR count). The topological polar surface area (TPSA) is 97.3 Å². The van der Waals surface area contributed by atoms with E-state index in [-0.39, 0.29) is 22.1 Å². The molecule has 0 aromatic carbocycles. The van der Waals surface area contributed by atoms with Crippen LogP contribution in [0, 0.1) is 5.92 Å². The Bertz CT molecular complexity index is 803. The number of halogens is 1. The maximum atomic E-state index is 6.50. The van der Waals surface area contributed by atoms with Crippen molar-refractivity contribution in [3.8, 4) is 0 Å². The van der Waals surface area contributed by atoms with Gasteiger partial charge in [0.05, 0.1) is 12.2 Å². The van der Waals surface area contributed by atoms with Crippen molar-refractivity contribution in [3.63, 3.8) is 0 Å². The van der Waals surface area contributed by atoms with Crippen LogP contribution < -0.4 is 5.73 Å². The molecular weight excluding hydrogens is 410 g/mol. The average molecular weight is 444 g/mol. The smallest absolute Gasteiger partial charge is 0.223 e. The van der Waals surface area contributed by atoms with Crippen LogP contribution >= 0.6 is 11.6 Å². The third-order valence-electron chi connectivity index (χ3n) is 5.39. The van der Waals surface area contributed by atoms with Gasteiger partial charge in [-0.3, -0.25) is 0 Å². The summed E-state index contributed by atoms with van der Waals surface area (Å²) in [6.45, 7) is 17.2. The zero-order chi connectivity index (χ0) is 21.8. The molecule has 0 bridgehead atoms. The Kier molecular flexibility index (Phi) is 8.03. The highest BCUT2D eigenvalue weighted by atomic mass is 35.5. The monoisotopic (exact) mass is 443 g/mol. The predicted molar refractivity (Wildman–Crippen MR) is 118 cm³/mol. The van der Waals surface area contributed by atoms with Crippen molar-refractivity contribution in [2.75, 3.05) is 25.6 Å². The summed E-state index contributed by atoms with van der Waals surface area (Å²) in [6.07, 6.45) is 1.29. The summed E-state index contributed by atoms with van der Waals surface area (Å²) < 4.78 is 20.2. The van der Waals surface area contributed by atoms with Crippen LogP contribution in [0.5, 0.6) is 0 Å². The average Bonchev–Trinajstić information content (AvgIpc) is 3.00. The highest BCUT2D eigenvalue weighted by molar-refractivity contribution is 6.74. The first-order valence-electron chi connectivity index (χ1n) is 10.0. The molecule has 8 nitrogen and oxygen atoms in total. The minimum absolute atomic E-state index is 0.0601. The third-order valence-corrected chi connectivity index (χ3v) is 10.2. The summed E-state index contributed by atoms with van der Waals surface area (Å²) in [5, 5.41) is 0.388. The van der Waals surface area contributed by atoms with Crippen molar-refractivity contribution in [3.05, 3.63) is 11.5 Å². The molecule has 29 heavy (non-hydrogen) atoms. The number of ether oxygens (including phenoxy) is 2. The Morgan fingerprint density at radius 1 is 1.17 bits per heavy atom. The summed E-state index contributed by atoms with van der Waals surface area (Å²) in [5.41, 5.74) is 6.80. The molecule has 1 atom stereocenters. The van der Waals surface area contributed by atoms with Gasteiger partial charge in [0.1, 0.15) is 5.52 Å². The molecule has 0 radical (unpaired) electrons. The first-order chi connectivity index (χ1) is 13.5. The molecule has 0 spiro atoms. The Morgan fingerprint density at radius 2 is 1.79 bits per heavy atom. The van der Waals surface area contributed by atoms with Crippen molar-refractivity contribution in [2.45, 2.75) is 65.6 Å². The lowest BCUT2D eigenvalue weighted by Crippen LogP contribution is -2.44. The lowest BCUT2D eigenvalue weighted by Gasteiger charge is -2.38. The van der Waals surface area contributed by atoms with E-state index in [0.717, 1.165) is 0 Å². The zero-order valence-electron chi connectivity index (χ0n) is 18.5. The van der Waals surface area contributed by atoms with Crippen LogP contribution in [0.15, 0.2) is 6.33 Å². The number of hydrogen-bond acceptors (Lipinski definition) is 7. The fraction of sp³-hybridized carbons (Fsp3) is 0.737. The standard InChI is InChI=1S/C19H34ClN5O3Si/c1-8-26-17(27-9-2)13(11-28-29(6,7)19(3,4)5)10-25-12-22-16-14(25)15(20)23-18(21)24-16/h12-13,17H,8-11H2,1-7H3,(H2,21,23,24)/t13-/m0/s1. The molecule has 2 N–H and O–H groups in total. The maximum absolute atomic E-state index is 6.50. The normalized spacial score (nSPS) is 14.1. The van der Waals surface area contributed by atoms with Crippen molar-refractivity contribution >= 4 is 37.0 Å². The fourth-order valence-electron chi connectivity index (χ4n) is 2.74. The predicted octanol–water partition coefficient (Wildman–Crippen LogP) is 4.10. The third kappa shape index (κ3) is 5.88. The fourth-order valence-corrected chi connectivity index (χ4v) is 4.08. The number of nitrogens with two attached hydrogens (primary N) is 1. The Hall–Kier alpha value is -1.26. The quantitative estimate of drug-likeness (QED) is 0.335. The van der Waals surface area contributed by atoms with Crippen LogP contribution in [-0.4, -0.2) is 53.9 Å². The van der Waals surface area contributed by atoms with Gasteiger partial charge in [0.2, 0.25) is 5.95 Å². The number of nitrogens with zero attached hydrogens (tertiary/aromatic N) is 4. The maximum Gasteiger partial charge on any atom is 0.223 e. The van der Waals surface area contributed by atoms with E-state index in [0.29, 0.717) is 37.5 Å². The SMILES string of the molecule is CCOC(OCC)[C@H](CO[Si](C)(C)C(C)(C)C)Cn1cnc2nc(N)nc(Cl)c21. The zero-order valence-corrected chi connectivity index (χ0v) is 20.3. The van der Waals surface area contributed by atoms with E-state index in [1.807, 2.05) is 18.4 Å². The highest BCUT2D eigenvalue weighted by Gasteiger charge is 2.38. The number of imidazole rings is 1. The van der Waals surface area contributed by atoms with Gasteiger partial charge in [-0.25, -0.2) is 4.98 Å². The van der Waals surface area contributed by atoms with Crippen molar-refractivity contribution in [2.24, 2.45) is 5.92 Å². The van der Waals surface area contributed by atoms with Gasteiger partial charge < -0.3 is 24.2 Å². The molecule has 0 amide bonds. The molecule has 2 aromatic heterocycles. The molecule has 2 heterocycles. The second-order valence-electron chi connectivity index (χ2n) is 8.55. The van der Waals surface area contributed by atoms with Gasteiger partial charge in [-0.2, -0.15) is 9.97 Å². The van der Waals surface area contributed by atoms with Gasteiger partial charge in [0.15, 0.2) is 25.4 Å². The number of aromatic nitrogens is 4. The van der Waals surface area contributed by atoms with Gasteiger partial charge in [0.25, 0.3) is 0 Å². The van der Waals surface area contributed by atoms with E-state index >= 15 is 0 Å². The van der Waals surface area contributed by atoms with Gasteiger partial charge >= 0.3 is 0 Å². The molecule has 164 valence electrons. The summed E-state index contributed by atoms with van der Waals surface area (Å²) in [4.78, 5) is 12.6. The van der Waals surface area contributed by atoms with E-state index in [2.05, 4.69) is 48.8 Å². The van der Waals surface area contributed by atoms with Crippen molar-refractivity contribution in [1.29, 1.82) is 0 Å². The molecule has 10 heteroatoms. The molecule has 0 saturated heterocycles. The molecule has 0 aliphatic carbocycles. The van der Waals surface area contributed by atoms with Gasteiger partial charge in [-0.1, -0.05) is 32.4 Å². The van der Waals surface area contributed by atoms with Gasteiger partial charge in [-0.15, -0.1) is 0 Å². The first-order valence-corrected chi connectivity index (χ1v) is 13.3. The van der Waals surface area contributed by atoms with E-state index in [1.165, 1.54) is 0 Å². The van der Waals surface area contributed by atoms with Crippen LogP contribution in [0.3, 0.4) is 0 Å². The van der Waals surface area contributed by atoms with Crippen LogP contribution in [0.2, 0.25) is 23.3 Å². The largest absolute Gasteiger partial charge is 0.416 e. The second-order valence-corrected chi connectivity index (χ2v) is 13.7. The molecular formula is C19H34ClN5O3Si. The molecule has 0 unspecified atom stereocenters. The minimum atomic E-state index is -1.94. The van der Waals surface area contributed by atoms with Crippen LogP contribution in [0.1, 0.15) is 34.6 Å². The van der Waals surface area contributed by atoms with Gasteiger partial charge in [0, 0.05) is 26.4 Å². The second kappa shape index (κ2) is 9.70. The van der Waals surface area contributed by atoms with Crippen LogP contribution in [0.25, 0.3) is 11.2 Å². The minimum Gasteiger partial charge on any atom is -0.416 e. The Morgan fingerprint density at radius 3 is 2.34 bits per heavy atom. The number of anilines is 1. The summed E-state index contributed by atoms with van der Waals surface area (Å²) in [7, 11) is -1.94. The van der Waals surface area contributed by atoms with Gasteiger partial charge in [-0.05, 0) is 32.0 Å². The molecule has 0 fully saturated rings. The van der Waals surface area contributed by atoms with Crippen molar-refractivity contribution in [1.82, 2.24) is 19.5 Å². The van der Waals surface area contributed by atoms with Crippen molar-refractivity contribution < 1.29 is 13.9 Å². The lowest BCUT2D eigenvalue weighted by atomic mass is 10.1. The molecule has 2 aromatic rings. The highest BCUT2D eigenvalue weighted by Crippen LogP contribution is 2.37. The van der Waals surface area contributed by atoms with E-state index in [9.17, 15) is 0 Å². The van der Waals surface area contributed by atoms with Crippen LogP contribution in [0.4, 0.5) is 5.95 Å². The van der Waals surface area contributed by atoms with Crippen LogP contribution in [-0.2, 0) is 20.4 Å². The summed E-state index contributed by atoms with van der Waals surface area (Å²) >= 11 is 6.32. The summed E-state index contributed by atoms with van der Waals surface area (Å²) in [6, 6.07) is 0. The Labute approximate surface area is 179 Å². The lowest BCUT2D eigenvalue weighted by molar-refractivity contribution is -0.175. The first kappa shape index (κ1) is 24.0. The van der Waals surface area contributed by atoms with E-state index in [4.69, 9.17) is 31.2 Å². The molecule has 0 aliphatic heterocycles. The summed E-state index contributed by atoms with van der Waals surface area (Å²) in [5.74, 6) is 0.0436. The number of rotatable bonds is 10. The number of nitrogen functional groups attached to an aromatic ring is 1.